The van der Waals surface area contributed by atoms with E-state index in [0.717, 1.165) is 12.8 Å². The summed E-state index contributed by atoms with van der Waals surface area (Å²) in [5, 5.41) is 0. The number of rotatable bonds is 4. The molecule has 106 valence electrons. The average Bonchev–Trinajstić information content (AvgIpc) is 2.28. The van der Waals surface area contributed by atoms with E-state index in [1.165, 1.54) is 0 Å². The Morgan fingerprint density at radius 3 is 1.67 bits per heavy atom. The Bertz CT molecular complexity index is 264. The van der Waals surface area contributed by atoms with E-state index in [4.69, 9.17) is 8.37 Å². The lowest BCUT2D eigenvalue weighted by Crippen LogP contribution is -2.28. The van der Waals surface area contributed by atoms with Crippen LogP contribution in [0.4, 0.5) is 8.78 Å². The van der Waals surface area contributed by atoms with E-state index >= 15 is 0 Å². The molecule has 2 rings (SSSR count). The van der Waals surface area contributed by atoms with E-state index in [9.17, 15) is 13.0 Å². The van der Waals surface area contributed by atoms with Crippen molar-refractivity contribution in [2.75, 3.05) is 0 Å². The van der Waals surface area contributed by atoms with Gasteiger partial charge in [-0.15, -0.1) is 0 Å². The molecule has 0 amide bonds. The summed E-state index contributed by atoms with van der Waals surface area (Å²) < 4.78 is 48.2. The van der Waals surface area contributed by atoms with Crippen molar-refractivity contribution < 1.29 is 21.4 Å². The molecule has 2 saturated carbocycles. The van der Waals surface area contributed by atoms with Crippen LogP contribution in [-0.4, -0.2) is 28.8 Å². The van der Waals surface area contributed by atoms with E-state index in [1.54, 1.807) is 0 Å². The third-order valence-corrected chi connectivity index (χ3v) is 4.41. The van der Waals surface area contributed by atoms with E-state index in [0.29, 0.717) is 25.7 Å². The predicted octanol–water partition coefficient (Wildman–Crippen LogP) is 3.16. The molecule has 18 heavy (non-hydrogen) atoms. The molecule has 0 bridgehead atoms. The minimum Gasteiger partial charge on any atom is -0.265 e. The molecule has 0 spiro atoms. The molecule has 6 heteroatoms. The van der Waals surface area contributed by atoms with Crippen LogP contribution in [0.3, 0.4) is 0 Å². The maximum atomic E-state index is 13.1. The minimum atomic E-state index is -1.88. The van der Waals surface area contributed by atoms with Gasteiger partial charge in [-0.2, -0.15) is 4.21 Å². The van der Waals surface area contributed by atoms with Gasteiger partial charge in [0, 0.05) is 12.8 Å². The molecule has 2 aliphatic rings. The molecule has 4 unspecified atom stereocenters. The third-order valence-electron chi connectivity index (χ3n) is 3.55. The van der Waals surface area contributed by atoms with Gasteiger partial charge in [0.15, 0.2) is 0 Å². The highest BCUT2D eigenvalue weighted by Crippen LogP contribution is 2.27. The summed E-state index contributed by atoms with van der Waals surface area (Å²) in [5.74, 6) is 0. The maximum absolute atomic E-state index is 13.1. The van der Waals surface area contributed by atoms with Crippen LogP contribution in [0.5, 0.6) is 0 Å². The highest BCUT2D eigenvalue weighted by molar-refractivity contribution is 7.75. The Morgan fingerprint density at radius 2 is 1.28 bits per heavy atom. The van der Waals surface area contributed by atoms with Gasteiger partial charge in [0.1, 0.15) is 12.3 Å². The van der Waals surface area contributed by atoms with Crippen molar-refractivity contribution in [3.8, 4) is 0 Å². The molecule has 0 aromatic carbocycles. The first-order valence-electron chi connectivity index (χ1n) is 6.67. The quantitative estimate of drug-likeness (QED) is 0.794. The average molecular weight is 282 g/mol. The minimum absolute atomic E-state index is 0.283. The smallest absolute Gasteiger partial charge is 0.265 e. The zero-order valence-electron chi connectivity index (χ0n) is 10.4. The molecule has 2 fully saturated rings. The summed E-state index contributed by atoms with van der Waals surface area (Å²) in [4.78, 5) is 0. The number of hydrogen-bond donors (Lipinski definition) is 0. The van der Waals surface area contributed by atoms with Crippen LogP contribution in [0.1, 0.15) is 51.4 Å². The van der Waals surface area contributed by atoms with Gasteiger partial charge in [-0.3, -0.25) is 8.37 Å². The van der Waals surface area contributed by atoms with Gasteiger partial charge in [0.2, 0.25) is 0 Å². The Hall–Kier alpha value is -0.0700. The lowest BCUT2D eigenvalue weighted by atomic mass is 9.96. The highest BCUT2D eigenvalue weighted by Gasteiger charge is 2.27. The first-order valence-corrected chi connectivity index (χ1v) is 7.67. The first-order chi connectivity index (χ1) is 8.63. The molecule has 0 saturated heterocycles. The topological polar surface area (TPSA) is 35.5 Å². The fourth-order valence-electron chi connectivity index (χ4n) is 2.60. The van der Waals surface area contributed by atoms with Crippen LogP contribution in [0.2, 0.25) is 0 Å². The fraction of sp³-hybridized carbons (Fsp3) is 1.00. The lowest BCUT2D eigenvalue weighted by molar-refractivity contribution is 0.0687. The molecular formula is C12H20F2O3S. The molecule has 0 aliphatic heterocycles. The molecule has 0 radical (unpaired) electrons. The van der Waals surface area contributed by atoms with Gasteiger partial charge >= 0.3 is 11.4 Å². The summed E-state index contributed by atoms with van der Waals surface area (Å²) in [7, 11) is 0. The van der Waals surface area contributed by atoms with Crippen LogP contribution < -0.4 is 0 Å². The Kier molecular flexibility index (Phi) is 5.51. The van der Waals surface area contributed by atoms with E-state index in [-0.39, 0.29) is 25.0 Å². The van der Waals surface area contributed by atoms with Gasteiger partial charge in [-0.05, 0) is 38.5 Å². The van der Waals surface area contributed by atoms with Crippen molar-refractivity contribution >= 4 is 11.4 Å². The van der Waals surface area contributed by atoms with Gasteiger partial charge in [0.25, 0.3) is 0 Å². The Labute approximate surface area is 109 Å². The molecule has 0 heterocycles. The number of halogens is 2. The first kappa shape index (κ1) is 14.3. The molecule has 2 aliphatic carbocycles. The fourth-order valence-corrected chi connectivity index (χ4v) is 3.44. The monoisotopic (exact) mass is 282 g/mol. The molecule has 3 nitrogen and oxygen atoms in total. The second-order valence-electron chi connectivity index (χ2n) is 5.17. The SMILES string of the molecule is O=S(OC1CCCC(F)C1)OC1CCCC(F)C1. The summed E-state index contributed by atoms with van der Waals surface area (Å²) in [5.41, 5.74) is 0. The van der Waals surface area contributed by atoms with Gasteiger partial charge in [0.05, 0.1) is 12.2 Å². The van der Waals surface area contributed by atoms with Gasteiger partial charge in [-0.25, -0.2) is 8.78 Å². The van der Waals surface area contributed by atoms with Crippen LogP contribution >= 0.6 is 0 Å². The van der Waals surface area contributed by atoms with Crippen LogP contribution in [0.15, 0.2) is 0 Å². The van der Waals surface area contributed by atoms with E-state index < -0.39 is 23.7 Å². The number of alkyl halides is 2. The lowest BCUT2D eigenvalue weighted by Gasteiger charge is -2.26. The Balaban J connectivity index is 1.71. The molecular weight excluding hydrogens is 262 g/mol. The zero-order chi connectivity index (χ0) is 13.0. The largest absolute Gasteiger partial charge is 0.305 e. The maximum Gasteiger partial charge on any atom is 0.305 e. The second-order valence-corrected chi connectivity index (χ2v) is 5.96. The summed E-state index contributed by atoms with van der Waals surface area (Å²) in [6.07, 6.45) is 2.20. The second kappa shape index (κ2) is 6.91. The molecule has 0 aromatic heterocycles. The van der Waals surface area contributed by atoms with Crippen molar-refractivity contribution in [2.24, 2.45) is 0 Å². The predicted molar refractivity (Wildman–Crippen MR) is 64.6 cm³/mol. The summed E-state index contributed by atoms with van der Waals surface area (Å²) in [6.45, 7) is 0. The van der Waals surface area contributed by atoms with Crippen LogP contribution in [-0.2, 0) is 19.7 Å². The molecule has 0 aromatic rings. The van der Waals surface area contributed by atoms with Crippen molar-refractivity contribution in [1.82, 2.24) is 0 Å². The summed E-state index contributed by atoms with van der Waals surface area (Å²) >= 11 is -1.88. The standard InChI is InChI=1S/C12H20F2O3S/c13-9-3-1-5-11(7-9)16-18(15)17-12-6-2-4-10(14)8-12/h9-12H,1-8H2. The van der Waals surface area contributed by atoms with E-state index in [1.807, 2.05) is 0 Å². The summed E-state index contributed by atoms with van der Waals surface area (Å²) in [6, 6.07) is 0. The molecule has 4 atom stereocenters. The van der Waals surface area contributed by atoms with Gasteiger partial charge < -0.3 is 0 Å². The van der Waals surface area contributed by atoms with Crippen molar-refractivity contribution in [1.29, 1.82) is 0 Å². The third kappa shape index (κ3) is 4.55. The van der Waals surface area contributed by atoms with Crippen molar-refractivity contribution in [3.63, 3.8) is 0 Å². The van der Waals surface area contributed by atoms with Crippen molar-refractivity contribution in [2.45, 2.75) is 75.9 Å². The van der Waals surface area contributed by atoms with Crippen LogP contribution in [0, 0.1) is 0 Å². The zero-order valence-corrected chi connectivity index (χ0v) is 11.2. The highest BCUT2D eigenvalue weighted by atomic mass is 32.2. The van der Waals surface area contributed by atoms with Crippen LogP contribution in [0.25, 0.3) is 0 Å². The van der Waals surface area contributed by atoms with Gasteiger partial charge in [-0.1, -0.05) is 0 Å². The molecule has 0 N–H and O–H groups in total. The normalized spacial score (nSPS) is 39.4. The Morgan fingerprint density at radius 1 is 0.833 bits per heavy atom. The number of hydrogen-bond acceptors (Lipinski definition) is 3. The van der Waals surface area contributed by atoms with Crippen molar-refractivity contribution in [3.05, 3.63) is 0 Å². The van der Waals surface area contributed by atoms with E-state index in [2.05, 4.69) is 0 Å².